The number of nitrogens with one attached hydrogen (secondary N) is 1. The van der Waals surface area contributed by atoms with Gasteiger partial charge in [-0.15, -0.1) is 0 Å². The van der Waals surface area contributed by atoms with Gasteiger partial charge in [0.05, 0.1) is 17.1 Å². The van der Waals surface area contributed by atoms with Crippen molar-refractivity contribution in [2.75, 3.05) is 6.54 Å². The highest BCUT2D eigenvalue weighted by Gasteiger charge is 2.31. The molecule has 1 aliphatic rings. The molecule has 4 nitrogen and oxygen atoms in total. The summed E-state index contributed by atoms with van der Waals surface area (Å²) in [4.78, 5) is 23.0. The smallest absolute Gasteiger partial charge is 0.223 e. The number of aromatic amines is 1. The zero-order valence-corrected chi connectivity index (χ0v) is 15.5. The van der Waals surface area contributed by atoms with E-state index in [-0.39, 0.29) is 11.9 Å². The van der Waals surface area contributed by atoms with Crippen LogP contribution in [0.4, 0.5) is 0 Å². The Morgan fingerprint density at radius 2 is 2.08 bits per heavy atom. The van der Waals surface area contributed by atoms with Crippen LogP contribution in [0.3, 0.4) is 0 Å². The maximum absolute atomic E-state index is 12.9. The van der Waals surface area contributed by atoms with E-state index < -0.39 is 0 Å². The molecule has 2 aromatic carbocycles. The zero-order valence-electron chi connectivity index (χ0n) is 15.5. The number of hydrogen-bond donors (Lipinski definition) is 1. The first-order valence-corrected chi connectivity index (χ1v) is 9.42. The molecule has 134 valence electrons. The second-order valence-corrected chi connectivity index (χ2v) is 7.31. The van der Waals surface area contributed by atoms with Gasteiger partial charge in [0.1, 0.15) is 5.82 Å². The second kappa shape index (κ2) is 6.94. The van der Waals surface area contributed by atoms with Gasteiger partial charge in [-0.3, -0.25) is 4.79 Å². The standard InChI is InChI=1S/C22H25N3O/c1-15-9-10-17(16(2)14-15)11-12-21(26)25-13-5-8-20(25)22-23-18-6-3-4-7-19(18)24-22/h3-4,6-7,9-10,14,20H,5,8,11-13H2,1-2H3,(H,23,24). The molecule has 0 aliphatic carbocycles. The van der Waals surface area contributed by atoms with E-state index in [4.69, 9.17) is 4.98 Å². The Balaban J connectivity index is 1.48. The zero-order chi connectivity index (χ0) is 18.1. The molecule has 1 fully saturated rings. The van der Waals surface area contributed by atoms with Crippen molar-refractivity contribution in [1.82, 2.24) is 14.9 Å². The summed E-state index contributed by atoms with van der Waals surface area (Å²) in [5.74, 6) is 1.15. The molecule has 1 N–H and O–H groups in total. The number of imidazole rings is 1. The fourth-order valence-corrected chi connectivity index (χ4v) is 3.99. The minimum Gasteiger partial charge on any atom is -0.340 e. The van der Waals surface area contributed by atoms with Crippen LogP contribution in [0.15, 0.2) is 42.5 Å². The van der Waals surface area contributed by atoms with Crippen LogP contribution in [0.2, 0.25) is 0 Å². The number of para-hydroxylation sites is 2. The van der Waals surface area contributed by atoms with Crippen molar-refractivity contribution in [3.8, 4) is 0 Å². The van der Waals surface area contributed by atoms with Gasteiger partial charge in [-0.25, -0.2) is 4.98 Å². The summed E-state index contributed by atoms with van der Waals surface area (Å²) < 4.78 is 0. The fraction of sp³-hybridized carbons (Fsp3) is 0.364. The number of hydrogen-bond acceptors (Lipinski definition) is 2. The van der Waals surface area contributed by atoms with Crippen molar-refractivity contribution >= 4 is 16.9 Å². The van der Waals surface area contributed by atoms with Gasteiger partial charge in [-0.05, 0) is 56.4 Å². The average molecular weight is 347 g/mol. The molecule has 3 aromatic rings. The van der Waals surface area contributed by atoms with E-state index in [2.05, 4.69) is 37.0 Å². The van der Waals surface area contributed by atoms with E-state index in [1.54, 1.807) is 0 Å². The first kappa shape index (κ1) is 16.8. The summed E-state index contributed by atoms with van der Waals surface area (Å²) in [5, 5.41) is 0. The topological polar surface area (TPSA) is 49.0 Å². The fourth-order valence-electron chi connectivity index (χ4n) is 3.99. The number of carbonyl (C=O) groups excluding carboxylic acids is 1. The summed E-state index contributed by atoms with van der Waals surface area (Å²) in [5.41, 5.74) is 5.81. The van der Waals surface area contributed by atoms with Crippen molar-refractivity contribution in [2.24, 2.45) is 0 Å². The number of amides is 1. The lowest BCUT2D eigenvalue weighted by atomic mass is 10.0. The molecule has 1 unspecified atom stereocenters. The normalized spacial score (nSPS) is 17.2. The SMILES string of the molecule is Cc1ccc(CCC(=O)N2CCCC2c2nc3ccccc3[nH]2)c(C)c1. The molecule has 1 saturated heterocycles. The number of benzene rings is 2. The molecular formula is C22H25N3O. The van der Waals surface area contributed by atoms with Crippen LogP contribution in [0, 0.1) is 13.8 Å². The highest BCUT2D eigenvalue weighted by atomic mass is 16.2. The van der Waals surface area contributed by atoms with Gasteiger partial charge >= 0.3 is 0 Å². The van der Waals surface area contributed by atoms with Crippen LogP contribution in [-0.4, -0.2) is 27.3 Å². The molecule has 1 atom stereocenters. The Labute approximate surface area is 154 Å². The molecule has 0 spiro atoms. The third kappa shape index (κ3) is 3.24. The third-order valence-electron chi connectivity index (χ3n) is 5.40. The van der Waals surface area contributed by atoms with Crippen LogP contribution >= 0.6 is 0 Å². The number of fused-ring (bicyclic) bond motifs is 1. The van der Waals surface area contributed by atoms with E-state index in [9.17, 15) is 4.79 Å². The molecule has 2 heterocycles. The number of aryl methyl sites for hydroxylation is 3. The highest BCUT2D eigenvalue weighted by molar-refractivity contribution is 5.78. The number of H-pyrrole nitrogens is 1. The summed E-state index contributed by atoms with van der Waals surface area (Å²) in [6.45, 7) is 5.05. The van der Waals surface area contributed by atoms with Gasteiger partial charge in [0.25, 0.3) is 0 Å². The van der Waals surface area contributed by atoms with Crippen LogP contribution in [-0.2, 0) is 11.2 Å². The van der Waals surface area contributed by atoms with E-state index >= 15 is 0 Å². The largest absolute Gasteiger partial charge is 0.340 e. The summed E-state index contributed by atoms with van der Waals surface area (Å²) in [7, 11) is 0. The van der Waals surface area contributed by atoms with Crippen LogP contribution in [0.1, 0.15) is 47.8 Å². The number of nitrogens with zero attached hydrogens (tertiary/aromatic N) is 2. The monoisotopic (exact) mass is 347 g/mol. The Bertz CT molecular complexity index is 910. The molecule has 26 heavy (non-hydrogen) atoms. The maximum Gasteiger partial charge on any atom is 0.223 e. The van der Waals surface area contributed by atoms with Gasteiger partial charge in [0.15, 0.2) is 0 Å². The van der Waals surface area contributed by atoms with E-state index in [0.717, 1.165) is 42.7 Å². The average Bonchev–Trinajstić information content (AvgIpc) is 3.27. The van der Waals surface area contributed by atoms with Gasteiger partial charge < -0.3 is 9.88 Å². The molecule has 0 saturated carbocycles. The Morgan fingerprint density at radius 3 is 2.88 bits per heavy atom. The van der Waals surface area contributed by atoms with Crippen molar-refractivity contribution in [1.29, 1.82) is 0 Å². The number of aromatic nitrogens is 2. The van der Waals surface area contributed by atoms with E-state index in [1.165, 1.54) is 16.7 Å². The summed E-state index contributed by atoms with van der Waals surface area (Å²) in [6.07, 6.45) is 3.38. The molecule has 1 amide bonds. The predicted molar refractivity (Wildman–Crippen MR) is 104 cm³/mol. The lowest BCUT2D eigenvalue weighted by Gasteiger charge is -2.23. The van der Waals surface area contributed by atoms with Gasteiger partial charge in [-0.2, -0.15) is 0 Å². The highest BCUT2D eigenvalue weighted by Crippen LogP contribution is 2.32. The van der Waals surface area contributed by atoms with Crippen molar-refractivity contribution in [3.05, 3.63) is 65.0 Å². The molecule has 1 aromatic heterocycles. The maximum atomic E-state index is 12.9. The second-order valence-electron chi connectivity index (χ2n) is 7.31. The van der Waals surface area contributed by atoms with Gasteiger partial charge in [-0.1, -0.05) is 35.9 Å². The van der Waals surface area contributed by atoms with Gasteiger partial charge in [0, 0.05) is 13.0 Å². The Hall–Kier alpha value is -2.62. The van der Waals surface area contributed by atoms with Gasteiger partial charge in [0.2, 0.25) is 5.91 Å². The minimum absolute atomic E-state index is 0.0778. The molecule has 0 bridgehead atoms. The lowest BCUT2D eigenvalue weighted by molar-refractivity contribution is -0.132. The quantitative estimate of drug-likeness (QED) is 0.757. The summed E-state index contributed by atoms with van der Waals surface area (Å²) >= 11 is 0. The number of likely N-dealkylation sites (tertiary alicyclic amines) is 1. The van der Waals surface area contributed by atoms with E-state index in [0.29, 0.717) is 6.42 Å². The lowest BCUT2D eigenvalue weighted by Crippen LogP contribution is -2.31. The van der Waals surface area contributed by atoms with E-state index in [1.807, 2.05) is 29.2 Å². The van der Waals surface area contributed by atoms with Crippen molar-refractivity contribution in [2.45, 2.75) is 45.6 Å². The number of rotatable bonds is 4. The van der Waals surface area contributed by atoms with Crippen LogP contribution in [0.25, 0.3) is 11.0 Å². The molecule has 0 radical (unpaired) electrons. The minimum atomic E-state index is 0.0778. The van der Waals surface area contributed by atoms with Crippen LogP contribution in [0.5, 0.6) is 0 Å². The number of carbonyl (C=O) groups is 1. The molecular weight excluding hydrogens is 322 g/mol. The van der Waals surface area contributed by atoms with Crippen molar-refractivity contribution < 1.29 is 4.79 Å². The molecule has 4 heteroatoms. The Kier molecular flexibility index (Phi) is 4.49. The predicted octanol–water partition coefficient (Wildman–Crippen LogP) is 4.48. The van der Waals surface area contributed by atoms with Crippen LogP contribution < -0.4 is 0 Å². The third-order valence-corrected chi connectivity index (χ3v) is 5.40. The first-order chi connectivity index (χ1) is 12.6. The summed E-state index contributed by atoms with van der Waals surface area (Å²) in [6, 6.07) is 14.6. The molecule has 4 rings (SSSR count). The molecule has 1 aliphatic heterocycles. The Morgan fingerprint density at radius 1 is 1.23 bits per heavy atom. The van der Waals surface area contributed by atoms with Crippen molar-refractivity contribution in [3.63, 3.8) is 0 Å². The first-order valence-electron chi connectivity index (χ1n) is 9.42.